The summed E-state index contributed by atoms with van der Waals surface area (Å²) >= 11 is 0. The zero-order valence-corrected chi connectivity index (χ0v) is 14.5. The van der Waals surface area contributed by atoms with Crippen LogP contribution in [0.3, 0.4) is 0 Å². The van der Waals surface area contributed by atoms with E-state index in [4.69, 9.17) is 10.5 Å². The fraction of sp³-hybridized carbons (Fsp3) is 0.278. The van der Waals surface area contributed by atoms with Gasteiger partial charge in [0.05, 0.1) is 6.61 Å². The van der Waals surface area contributed by atoms with E-state index in [0.29, 0.717) is 17.9 Å². The molecule has 2 aromatic rings. The van der Waals surface area contributed by atoms with Gasteiger partial charge in [-0.2, -0.15) is 0 Å². The van der Waals surface area contributed by atoms with Crippen molar-refractivity contribution in [3.63, 3.8) is 0 Å². The van der Waals surface area contributed by atoms with Crippen molar-refractivity contribution < 1.29 is 24.5 Å². The maximum atomic E-state index is 12.0. The first-order chi connectivity index (χ1) is 12.3. The molecular weight excluding hydrogens is 340 g/mol. The number of rotatable bonds is 7. The van der Waals surface area contributed by atoms with Crippen molar-refractivity contribution >= 4 is 17.8 Å². The second kappa shape index (κ2) is 7.73. The molecule has 1 aromatic heterocycles. The van der Waals surface area contributed by atoms with Gasteiger partial charge < -0.3 is 25.7 Å². The summed E-state index contributed by atoms with van der Waals surface area (Å²) < 4.78 is 5.65. The lowest BCUT2D eigenvalue weighted by Crippen LogP contribution is -2.24. The minimum Gasteiger partial charge on any atom is -0.493 e. The quantitative estimate of drug-likeness (QED) is 0.555. The molecule has 8 nitrogen and oxygen atoms in total. The lowest BCUT2D eigenvalue weighted by Gasteiger charge is -2.14. The molecule has 0 bridgehead atoms. The van der Waals surface area contributed by atoms with Crippen molar-refractivity contribution in [1.29, 1.82) is 0 Å². The van der Waals surface area contributed by atoms with Gasteiger partial charge in [-0.1, -0.05) is 19.4 Å². The summed E-state index contributed by atoms with van der Waals surface area (Å²) in [5.41, 5.74) is 4.25. The lowest BCUT2D eigenvalue weighted by molar-refractivity contribution is 0.0695. The number of nitrogen functional groups attached to an aromatic ring is 1. The van der Waals surface area contributed by atoms with Crippen LogP contribution in [-0.4, -0.2) is 33.7 Å². The van der Waals surface area contributed by atoms with Crippen LogP contribution in [0.25, 0.3) is 11.1 Å². The fourth-order valence-electron chi connectivity index (χ4n) is 2.63. The Morgan fingerprint density at radius 1 is 1.19 bits per heavy atom. The third-order valence-corrected chi connectivity index (χ3v) is 3.89. The van der Waals surface area contributed by atoms with E-state index < -0.39 is 34.4 Å². The van der Waals surface area contributed by atoms with Crippen molar-refractivity contribution in [2.45, 2.75) is 26.7 Å². The number of carboxylic acid groups (broad SMARTS) is 2. The number of H-pyrrole nitrogens is 1. The van der Waals surface area contributed by atoms with Gasteiger partial charge in [-0.3, -0.25) is 4.79 Å². The van der Waals surface area contributed by atoms with Gasteiger partial charge in [0.25, 0.3) is 5.56 Å². The number of hydrogen-bond acceptors (Lipinski definition) is 5. The summed E-state index contributed by atoms with van der Waals surface area (Å²) in [6.07, 6.45) is 1.87. The summed E-state index contributed by atoms with van der Waals surface area (Å²) in [4.78, 5) is 37.3. The highest BCUT2D eigenvalue weighted by Gasteiger charge is 2.26. The van der Waals surface area contributed by atoms with E-state index in [1.54, 1.807) is 19.1 Å². The summed E-state index contributed by atoms with van der Waals surface area (Å²) in [7, 11) is 0. The van der Waals surface area contributed by atoms with Crippen molar-refractivity contribution in [1.82, 2.24) is 4.98 Å². The first-order valence-electron chi connectivity index (χ1n) is 8.04. The highest BCUT2D eigenvalue weighted by atomic mass is 16.5. The third-order valence-electron chi connectivity index (χ3n) is 3.89. The highest BCUT2D eigenvalue weighted by Crippen LogP contribution is 2.32. The number of carboxylic acids is 2. The number of ether oxygens (including phenoxy) is 1. The predicted molar refractivity (Wildman–Crippen MR) is 96.0 cm³/mol. The Morgan fingerprint density at radius 3 is 2.38 bits per heavy atom. The fourth-order valence-corrected chi connectivity index (χ4v) is 2.63. The van der Waals surface area contributed by atoms with E-state index in [2.05, 4.69) is 4.98 Å². The summed E-state index contributed by atoms with van der Waals surface area (Å²) in [5, 5.41) is 18.8. The highest BCUT2D eigenvalue weighted by molar-refractivity contribution is 6.07. The van der Waals surface area contributed by atoms with Crippen LogP contribution in [0.5, 0.6) is 5.75 Å². The molecule has 1 heterocycles. The number of anilines is 1. The molecule has 5 N–H and O–H groups in total. The van der Waals surface area contributed by atoms with Crippen LogP contribution >= 0.6 is 0 Å². The number of aromatic nitrogens is 1. The molecular formula is C18H20N2O6. The van der Waals surface area contributed by atoms with Crippen LogP contribution in [0, 0.1) is 6.92 Å². The van der Waals surface area contributed by atoms with Crippen molar-refractivity contribution in [3.05, 3.63) is 45.2 Å². The molecule has 8 heteroatoms. The number of aromatic amines is 1. The van der Waals surface area contributed by atoms with Crippen molar-refractivity contribution in [3.8, 4) is 16.9 Å². The molecule has 0 aliphatic heterocycles. The van der Waals surface area contributed by atoms with Gasteiger partial charge in [-0.25, -0.2) is 9.59 Å². The molecule has 1 aromatic carbocycles. The Balaban J connectivity index is 2.67. The maximum Gasteiger partial charge on any atom is 0.342 e. The molecule has 0 unspecified atom stereocenters. The second-order valence-corrected chi connectivity index (χ2v) is 5.79. The molecule has 0 saturated carbocycles. The van der Waals surface area contributed by atoms with E-state index in [1.165, 1.54) is 6.07 Å². The molecule has 0 aliphatic rings. The van der Waals surface area contributed by atoms with Crippen LogP contribution in [0.4, 0.5) is 5.82 Å². The molecule has 0 radical (unpaired) electrons. The minimum absolute atomic E-state index is 0.227. The molecule has 0 atom stereocenters. The number of nitrogens with two attached hydrogens (primary N) is 1. The van der Waals surface area contributed by atoms with Gasteiger partial charge in [0.1, 0.15) is 22.7 Å². The molecule has 0 amide bonds. The zero-order chi connectivity index (χ0) is 19.4. The van der Waals surface area contributed by atoms with Crippen LogP contribution in [0.15, 0.2) is 23.0 Å². The van der Waals surface area contributed by atoms with E-state index in [-0.39, 0.29) is 11.1 Å². The Kier molecular flexibility index (Phi) is 5.66. The summed E-state index contributed by atoms with van der Waals surface area (Å²) in [6, 6.07) is 4.71. The van der Waals surface area contributed by atoms with Crippen LogP contribution < -0.4 is 16.0 Å². The Morgan fingerprint density at radius 2 is 1.85 bits per heavy atom. The monoisotopic (exact) mass is 360 g/mol. The number of pyridine rings is 1. The van der Waals surface area contributed by atoms with E-state index >= 15 is 0 Å². The average molecular weight is 360 g/mol. The lowest BCUT2D eigenvalue weighted by atomic mass is 9.94. The number of benzene rings is 1. The number of carbonyl (C=O) groups is 2. The van der Waals surface area contributed by atoms with Gasteiger partial charge in [-0.05, 0) is 36.6 Å². The van der Waals surface area contributed by atoms with Crippen LogP contribution in [0.2, 0.25) is 0 Å². The van der Waals surface area contributed by atoms with E-state index in [9.17, 15) is 24.6 Å². The Labute approximate surface area is 149 Å². The van der Waals surface area contributed by atoms with Crippen LogP contribution in [-0.2, 0) is 0 Å². The van der Waals surface area contributed by atoms with Crippen LogP contribution in [0.1, 0.15) is 46.0 Å². The van der Waals surface area contributed by atoms with Gasteiger partial charge in [0.15, 0.2) is 0 Å². The smallest absolute Gasteiger partial charge is 0.342 e. The maximum absolute atomic E-state index is 12.0. The van der Waals surface area contributed by atoms with Crippen molar-refractivity contribution in [2.24, 2.45) is 0 Å². The van der Waals surface area contributed by atoms with Gasteiger partial charge in [0.2, 0.25) is 0 Å². The van der Waals surface area contributed by atoms with Gasteiger partial charge in [0, 0.05) is 5.56 Å². The molecule has 26 heavy (non-hydrogen) atoms. The Hall–Kier alpha value is -3.29. The standard InChI is InChI=1S/C18H20N2O6/c1-3-4-7-26-11-6-5-10(8-9(11)2)12-13(17(22)23)15(19)20-16(21)14(12)18(24)25/h5-6,8H,3-4,7H2,1-2H3,(H,22,23)(H,24,25)(H3,19,20,21). The number of aromatic carboxylic acids is 2. The number of aryl methyl sites for hydroxylation is 1. The SMILES string of the molecule is CCCCOc1ccc(-c2c(C(=O)O)c(N)[nH]c(=O)c2C(=O)O)cc1C. The zero-order valence-electron chi connectivity index (χ0n) is 14.5. The molecule has 138 valence electrons. The normalized spacial score (nSPS) is 10.5. The van der Waals surface area contributed by atoms with Gasteiger partial charge in [-0.15, -0.1) is 0 Å². The number of hydrogen-bond donors (Lipinski definition) is 4. The minimum atomic E-state index is -1.54. The summed E-state index contributed by atoms with van der Waals surface area (Å²) in [5.74, 6) is -2.76. The molecule has 2 rings (SSSR count). The molecule has 0 aliphatic carbocycles. The largest absolute Gasteiger partial charge is 0.493 e. The first-order valence-corrected chi connectivity index (χ1v) is 8.04. The second-order valence-electron chi connectivity index (χ2n) is 5.79. The average Bonchev–Trinajstić information content (AvgIpc) is 2.54. The Bertz CT molecular complexity index is 917. The predicted octanol–water partition coefficient (Wildman–Crippen LogP) is 2.51. The third kappa shape index (κ3) is 3.69. The number of unbranched alkanes of at least 4 members (excludes halogenated alkanes) is 1. The van der Waals surface area contributed by atoms with Crippen molar-refractivity contribution in [2.75, 3.05) is 12.3 Å². The van der Waals surface area contributed by atoms with E-state index in [1.807, 2.05) is 6.92 Å². The molecule has 0 saturated heterocycles. The van der Waals surface area contributed by atoms with Gasteiger partial charge >= 0.3 is 11.9 Å². The first kappa shape index (κ1) is 19.0. The molecule has 0 spiro atoms. The topological polar surface area (TPSA) is 143 Å². The molecule has 0 fully saturated rings. The summed E-state index contributed by atoms with van der Waals surface area (Å²) in [6.45, 7) is 4.33. The van der Waals surface area contributed by atoms with E-state index in [0.717, 1.165) is 12.8 Å². The number of nitrogens with one attached hydrogen (secondary N) is 1.